The topological polar surface area (TPSA) is 131 Å². The third-order valence-corrected chi connectivity index (χ3v) is 6.75. The van der Waals surface area contributed by atoms with Crippen molar-refractivity contribution in [1.29, 1.82) is 0 Å². The molecule has 9 nitrogen and oxygen atoms in total. The first-order valence-corrected chi connectivity index (χ1v) is 16.6. The van der Waals surface area contributed by atoms with Crippen molar-refractivity contribution in [3.8, 4) is 0 Å². The SMILES string of the molecule is CCCCC/C=C\C/C=C\C/C=C\C/C=C\CCCC(=O)NCCOP(=O)(O)OCC(O)COC(=O)CCCCC. The van der Waals surface area contributed by atoms with Gasteiger partial charge in [0.25, 0.3) is 0 Å². The third-order valence-electron chi connectivity index (χ3n) is 5.76. The molecule has 0 saturated heterocycles. The Labute approximate surface area is 247 Å². The highest BCUT2D eigenvalue weighted by Crippen LogP contribution is 2.42. The lowest BCUT2D eigenvalue weighted by Crippen LogP contribution is -2.27. The van der Waals surface area contributed by atoms with E-state index in [2.05, 4.69) is 60.8 Å². The predicted octanol–water partition coefficient (Wildman–Crippen LogP) is 6.87. The molecule has 0 fully saturated rings. The second-order valence-corrected chi connectivity index (χ2v) is 11.2. The average molecular weight is 600 g/mol. The van der Waals surface area contributed by atoms with Gasteiger partial charge in [0.1, 0.15) is 12.7 Å². The number of carbonyl (C=O) groups is 2. The molecule has 0 rings (SSSR count). The van der Waals surface area contributed by atoms with Crippen LogP contribution in [0.15, 0.2) is 48.6 Å². The Morgan fingerprint density at radius 1 is 0.756 bits per heavy atom. The highest BCUT2D eigenvalue weighted by atomic mass is 31.2. The number of esters is 1. The Hall–Kier alpha value is -2.03. The summed E-state index contributed by atoms with van der Waals surface area (Å²) in [5, 5.41) is 12.4. The molecule has 0 radical (unpaired) electrons. The summed E-state index contributed by atoms with van der Waals surface area (Å²) < 4.78 is 26.3. The first-order chi connectivity index (χ1) is 19.8. The average Bonchev–Trinajstić information content (AvgIpc) is 2.95. The lowest BCUT2D eigenvalue weighted by atomic mass is 10.2. The number of rotatable bonds is 27. The quantitative estimate of drug-likeness (QED) is 0.0404. The van der Waals surface area contributed by atoms with Gasteiger partial charge in [-0.1, -0.05) is 88.1 Å². The highest BCUT2D eigenvalue weighted by molar-refractivity contribution is 7.47. The minimum Gasteiger partial charge on any atom is -0.463 e. The van der Waals surface area contributed by atoms with Gasteiger partial charge in [-0.2, -0.15) is 0 Å². The molecular formula is C31H54NO8P. The van der Waals surface area contributed by atoms with Crippen LogP contribution >= 0.6 is 7.82 Å². The van der Waals surface area contributed by atoms with Crippen molar-refractivity contribution in [1.82, 2.24) is 5.32 Å². The van der Waals surface area contributed by atoms with Crippen molar-refractivity contribution >= 4 is 19.7 Å². The maximum absolute atomic E-state index is 11.9. The lowest BCUT2D eigenvalue weighted by molar-refractivity contribution is -0.147. The first kappa shape index (κ1) is 39.0. The zero-order chi connectivity index (χ0) is 30.4. The Morgan fingerprint density at radius 3 is 1.93 bits per heavy atom. The van der Waals surface area contributed by atoms with Crippen LogP contribution in [0.3, 0.4) is 0 Å². The van der Waals surface area contributed by atoms with Gasteiger partial charge in [0, 0.05) is 19.4 Å². The number of phosphoric acid groups is 1. The molecule has 0 aromatic rings. The number of amides is 1. The molecule has 0 spiro atoms. The predicted molar refractivity (Wildman–Crippen MR) is 164 cm³/mol. The van der Waals surface area contributed by atoms with E-state index in [0.717, 1.165) is 38.5 Å². The molecule has 1 amide bonds. The van der Waals surface area contributed by atoms with Crippen LogP contribution in [-0.2, 0) is 27.9 Å². The molecule has 41 heavy (non-hydrogen) atoms. The number of phosphoric ester groups is 1. The van der Waals surface area contributed by atoms with Crippen LogP contribution in [-0.4, -0.2) is 54.3 Å². The van der Waals surface area contributed by atoms with Gasteiger partial charge in [-0.15, -0.1) is 0 Å². The van der Waals surface area contributed by atoms with Crippen molar-refractivity contribution in [2.24, 2.45) is 0 Å². The summed E-state index contributed by atoms with van der Waals surface area (Å²) in [7, 11) is -4.40. The van der Waals surface area contributed by atoms with E-state index >= 15 is 0 Å². The summed E-state index contributed by atoms with van der Waals surface area (Å²) in [6.45, 7) is 3.21. The summed E-state index contributed by atoms with van der Waals surface area (Å²) >= 11 is 0. The number of unbranched alkanes of at least 4 members (excludes halogenated alkanes) is 6. The van der Waals surface area contributed by atoms with Gasteiger partial charge in [0.05, 0.1) is 13.2 Å². The summed E-state index contributed by atoms with van der Waals surface area (Å²) in [5.74, 6) is -0.606. The number of allylic oxidation sites excluding steroid dienone is 8. The summed E-state index contributed by atoms with van der Waals surface area (Å²) in [6.07, 6.45) is 28.5. The van der Waals surface area contributed by atoms with Crippen LogP contribution in [0.1, 0.15) is 104 Å². The van der Waals surface area contributed by atoms with Gasteiger partial charge >= 0.3 is 13.8 Å². The molecular weight excluding hydrogens is 545 g/mol. The van der Waals surface area contributed by atoms with Gasteiger partial charge in [0.2, 0.25) is 5.91 Å². The number of nitrogens with one attached hydrogen (secondary N) is 1. The summed E-state index contributed by atoms with van der Waals surface area (Å²) in [5.41, 5.74) is 0. The van der Waals surface area contributed by atoms with E-state index in [1.54, 1.807) is 0 Å². The van der Waals surface area contributed by atoms with Gasteiger partial charge in [-0.3, -0.25) is 18.6 Å². The number of ether oxygens (including phenoxy) is 1. The second-order valence-electron chi connectivity index (χ2n) is 9.72. The number of carbonyl (C=O) groups excluding carboxylic acids is 2. The fourth-order valence-corrected chi connectivity index (χ4v) is 4.18. The number of hydrogen-bond donors (Lipinski definition) is 3. The minimum atomic E-state index is -4.40. The summed E-state index contributed by atoms with van der Waals surface area (Å²) in [6, 6.07) is 0. The molecule has 0 aliphatic heterocycles. The van der Waals surface area contributed by atoms with E-state index in [9.17, 15) is 24.2 Å². The van der Waals surface area contributed by atoms with Crippen molar-refractivity contribution in [2.75, 3.05) is 26.4 Å². The lowest BCUT2D eigenvalue weighted by Gasteiger charge is -2.15. The monoisotopic (exact) mass is 599 g/mol. The largest absolute Gasteiger partial charge is 0.472 e. The zero-order valence-electron chi connectivity index (χ0n) is 25.2. The van der Waals surface area contributed by atoms with E-state index in [-0.39, 0.29) is 32.1 Å². The zero-order valence-corrected chi connectivity index (χ0v) is 26.1. The molecule has 0 aliphatic carbocycles. The smallest absolute Gasteiger partial charge is 0.463 e. The van der Waals surface area contributed by atoms with Crippen molar-refractivity contribution in [3.63, 3.8) is 0 Å². The maximum Gasteiger partial charge on any atom is 0.472 e. The van der Waals surface area contributed by atoms with Gasteiger partial charge in [-0.05, 0) is 51.4 Å². The van der Waals surface area contributed by atoms with E-state index in [4.69, 9.17) is 13.8 Å². The third kappa shape index (κ3) is 29.3. The van der Waals surface area contributed by atoms with Crippen molar-refractivity contribution in [3.05, 3.63) is 48.6 Å². The second kappa shape index (κ2) is 28.1. The molecule has 0 aromatic carbocycles. The van der Waals surface area contributed by atoms with E-state index in [0.29, 0.717) is 19.3 Å². The van der Waals surface area contributed by atoms with Crippen LogP contribution in [0.4, 0.5) is 0 Å². The Bertz CT molecular complexity index is 825. The van der Waals surface area contributed by atoms with Crippen LogP contribution < -0.4 is 5.32 Å². The highest BCUT2D eigenvalue weighted by Gasteiger charge is 2.23. The van der Waals surface area contributed by atoms with Crippen molar-refractivity contribution in [2.45, 2.75) is 110 Å². The molecule has 3 N–H and O–H groups in total. The molecule has 2 atom stereocenters. The number of aliphatic hydroxyl groups is 1. The van der Waals surface area contributed by atoms with Gasteiger partial charge < -0.3 is 20.1 Å². The van der Waals surface area contributed by atoms with Gasteiger partial charge in [0.15, 0.2) is 0 Å². The number of aliphatic hydroxyl groups excluding tert-OH is 1. The van der Waals surface area contributed by atoms with Crippen LogP contribution in [0.25, 0.3) is 0 Å². The van der Waals surface area contributed by atoms with Crippen LogP contribution in [0.2, 0.25) is 0 Å². The van der Waals surface area contributed by atoms with E-state index < -0.39 is 26.5 Å². The van der Waals surface area contributed by atoms with E-state index in [1.807, 2.05) is 6.92 Å². The van der Waals surface area contributed by atoms with Gasteiger partial charge in [-0.25, -0.2) is 4.57 Å². The van der Waals surface area contributed by atoms with Crippen molar-refractivity contribution < 1.29 is 37.9 Å². The fourth-order valence-electron chi connectivity index (χ4n) is 3.43. The molecule has 2 unspecified atom stereocenters. The Morgan fingerprint density at radius 2 is 1.32 bits per heavy atom. The maximum atomic E-state index is 11.9. The Kier molecular flexibility index (Phi) is 26.7. The molecule has 0 saturated carbocycles. The van der Waals surface area contributed by atoms with E-state index in [1.165, 1.54) is 25.7 Å². The normalized spacial score (nSPS) is 14.3. The molecule has 0 bridgehead atoms. The molecule has 10 heteroatoms. The molecule has 236 valence electrons. The molecule has 0 aromatic heterocycles. The fraction of sp³-hybridized carbons (Fsp3) is 0.677. The molecule has 0 aliphatic rings. The summed E-state index contributed by atoms with van der Waals surface area (Å²) in [4.78, 5) is 33.1. The first-order valence-electron chi connectivity index (χ1n) is 15.1. The van der Waals surface area contributed by atoms with Crippen LogP contribution in [0, 0.1) is 0 Å². The molecule has 0 heterocycles. The van der Waals surface area contributed by atoms with Crippen LogP contribution in [0.5, 0.6) is 0 Å². The Balaban J connectivity index is 3.75. The minimum absolute atomic E-state index is 0.0506. The standard InChI is InChI=1S/C31H54NO8P/c1-3-5-7-8-9-10-11-12-13-14-15-16-17-18-19-20-22-23-30(34)32-25-26-39-41(36,37)40-28-29(33)27-38-31(35)24-21-6-4-2/h9-10,12-13,15-16,18-19,29,33H,3-8,11,14,17,20-28H2,1-2H3,(H,32,34)(H,36,37)/b10-9-,13-12-,16-15-,19-18-. The number of hydrogen-bond acceptors (Lipinski definition) is 7.